The van der Waals surface area contributed by atoms with Crippen molar-refractivity contribution in [1.82, 2.24) is 10.6 Å². The van der Waals surface area contributed by atoms with E-state index in [1.807, 2.05) is 6.92 Å². The molecule has 0 spiro atoms. The van der Waals surface area contributed by atoms with Gasteiger partial charge in [-0.2, -0.15) is 0 Å². The normalized spacial score (nSPS) is 11.6. The average Bonchev–Trinajstić information content (AvgIpc) is 2.10. The Morgan fingerprint density at radius 2 is 2.15 bits per heavy atom. The molecule has 0 radical (unpaired) electrons. The number of urea groups is 1. The van der Waals surface area contributed by atoms with Crippen molar-refractivity contribution in [3.05, 3.63) is 11.8 Å². The van der Waals surface area contributed by atoms with Crippen molar-refractivity contribution in [1.29, 1.82) is 0 Å². The topological polar surface area (TPSA) is 41.1 Å². The van der Waals surface area contributed by atoms with E-state index in [0.29, 0.717) is 18.3 Å². The molecule has 0 aliphatic heterocycles. The van der Waals surface area contributed by atoms with Gasteiger partial charge in [0.05, 0.1) is 0 Å². The monoisotopic (exact) mass is 204 g/mol. The lowest BCUT2D eigenvalue weighted by Gasteiger charge is -2.06. The second kappa shape index (κ2) is 6.78. The molecule has 0 aliphatic carbocycles. The van der Waals surface area contributed by atoms with Crippen LogP contribution >= 0.6 is 11.6 Å². The number of nitrogens with one attached hydrogen (secondary N) is 2. The summed E-state index contributed by atoms with van der Waals surface area (Å²) < 4.78 is 0. The lowest BCUT2D eigenvalue weighted by molar-refractivity contribution is 0.244. The number of carbonyl (C=O) groups excluding carboxylic acids is 1. The van der Waals surface area contributed by atoms with Crippen molar-refractivity contribution < 1.29 is 4.79 Å². The number of halogens is 1. The molecule has 0 rings (SSSR count). The Morgan fingerprint density at radius 3 is 2.62 bits per heavy atom. The summed E-state index contributed by atoms with van der Waals surface area (Å²) in [5.74, 6) is 0.883. The van der Waals surface area contributed by atoms with Crippen molar-refractivity contribution in [3.8, 4) is 0 Å². The van der Waals surface area contributed by atoms with Crippen molar-refractivity contribution in [2.75, 3.05) is 12.4 Å². The lowest BCUT2D eigenvalue weighted by atomic mass is 10.1. The average molecular weight is 205 g/mol. The van der Waals surface area contributed by atoms with Crippen LogP contribution < -0.4 is 10.6 Å². The van der Waals surface area contributed by atoms with E-state index in [1.54, 1.807) is 6.20 Å². The molecule has 2 amide bonds. The lowest BCUT2D eigenvalue weighted by Crippen LogP contribution is -2.33. The first-order valence-electron chi connectivity index (χ1n) is 4.35. The summed E-state index contributed by atoms with van der Waals surface area (Å²) in [6.45, 7) is 6.61. The van der Waals surface area contributed by atoms with Crippen LogP contribution in [0.25, 0.3) is 0 Å². The van der Waals surface area contributed by atoms with E-state index < -0.39 is 0 Å². The highest BCUT2D eigenvalue weighted by molar-refractivity contribution is 6.18. The molecule has 0 aliphatic rings. The van der Waals surface area contributed by atoms with E-state index in [1.165, 1.54) is 0 Å². The molecule has 0 bridgehead atoms. The summed E-state index contributed by atoms with van der Waals surface area (Å²) in [5.41, 5.74) is 1.14. The first kappa shape index (κ1) is 12.3. The fourth-order valence-electron chi connectivity index (χ4n) is 0.558. The fourth-order valence-corrected chi connectivity index (χ4v) is 0.652. The van der Waals surface area contributed by atoms with Gasteiger partial charge in [-0.25, -0.2) is 4.79 Å². The Balaban J connectivity index is 3.74. The predicted octanol–water partition coefficient (Wildman–Crippen LogP) is 2.08. The second-order valence-corrected chi connectivity index (χ2v) is 3.51. The Labute approximate surface area is 84.5 Å². The minimum absolute atomic E-state index is 0.208. The van der Waals surface area contributed by atoms with E-state index in [0.717, 1.165) is 5.57 Å². The van der Waals surface area contributed by atoms with E-state index in [9.17, 15) is 4.79 Å². The molecule has 0 heterocycles. The molecular formula is C9H17ClN2O. The van der Waals surface area contributed by atoms with Gasteiger partial charge in [0.25, 0.3) is 0 Å². The number of rotatable bonds is 4. The van der Waals surface area contributed by atoms with Crippen molar-refractivity contribution >= 4 is 17.6 Å². The highest BCUT2D eigenvalue weighted by Gasteiger charge is 1.98. The molecule has 0 atom stereocenters. The Bertz CT molecular complexity index is 190. The molecular weight excluding hydrogens is 188 g/mol. The van der Waals surface area contributed by atoms with E-state index in [2.05, 4.69) is 24.5 Å². The molecule has 0 aromatic heterocycles. The first-order chi connectivity index (χ1) is 6.07. The van der Waals surface area contributed by atoms with Gasteiger partial charge < -0.3 is 10.6 Å². The molecule has 3 nitrogen and oxygen atoms in total. The van der Waals surface area contributed by atoms with Crippen molar-refractivity contribution in [3.63, 3.8) is 0 Å². The number of hydrogen-bond donors (Lipinski definition) is 2. The van der Waals surface area contributed by atoms with Crippen LogP contribution in [-0.2, 0) is 0 Å². The maximum absolute atomic E-state index is 11.0. The van der Waals surface area contributed by atoms with Crippen LogP contribution in [0.2, 0.25) is 0 Å². The van der Waals surface area contributed by atoms with Crippen LogP contribution in [0.3, 0.4) is 0 Å². The van der Waals surface area contributed by atoms with Gasteiger partial charge in [-0.3, -0.25) is 0 Å². The molecule has 0 fully saturated rings. The minimum Gasteiger partial charge on any atom is -0.337 e. The second-order valence-electron chi connectivity index (χ2n) is 3.13. The smallest absolute Gasteiger partial charge is 0.318 e. The highest BCUT2D eigenvalue weighted by Crippen LogP contribution is 2.05. The Kier molecular flexibility index (Phi) is 6.41. The Hall–Kier alpha value is -0.700. The zero-order valence-electron chi connectivity index (χ0n) is 8.36. The summed E-state index contributed by atoms with van der Waals surface area (Å²) in [5, 5.41) is 5.23. The van der Waals surface area contributed by atoms with Crippen LogP contribution in [-0.4, -0.2) is 18.5 Å². The third-order valence-corrected chi connectivity index (χ3v) is 1.91. The summed E-state index contributed by atoms with van der Waals surface area (Å²) in [7, 11) is 0. The molecule has 2 N–H and O–H groups in total. The minimum atomic E-state index is -0.208. The highest BCUT2D eigenvalue weighted by atomic mass is 35.5. The third-order valence-electron chi connectivity index (χ3n) is 1.72. The molecule has 0 unspecified atom stereocenters. The molecule has 0 saturated carbocycles. The van der Waals surface area contributed by atoms with Crippen LogP contribution in [0.4, 0.5) is 4.79 Å². The van der Waals surface area contributed by atoms with Crippen LogP contribution in [0.15, 0.2) is 11.8 Å². The predicted molar refractivity (Wildman–Crippen MR) is 55.8 cm³/mol. The van der Waals surface area contributed by atoms with Crippen LogP contribution in [0.1, 0.15) is 20.8 Å². The molecule has 0 saturated heterocycles. The molecule has 13 heavy (non-hydrogen) atoms. The van der Waals surface area contributed by atoms with Gasteiger partial charge in [0, 0.05) is 18.6 Å². The van der Waals surface area contributed by atoms with Gasteiger partial charge in [-0.05, 0) is 12.8 Å². The summed E-state index contributed by atoms with van der Waals surface area (Å²) >= 11 is 5.40. The standard InChI is InChI=1S/C9H17ClN2O/c1-7(2)8(3)6-12-9(13)11-5-4-10/h6-7H,4-5H2,1-3H3,(H2,11,12,13)/b8-6+. The molecule has 76 valence electrons. The van der Waals surface area contributed by atoms with Crippen LogP contribution in [0.5, 0.6) is 0 Å². The number of hydrogen-bond acceptors (Lipinski definition) is 1. The zero-order chi connectivity index (χ0) is 10.3. The van der Waals surface area contributed by atoms with Crippen LogP contribution in [0, 0.1) is 5.92 Å². The van der Waals surface area contributed by atoms with Gasteiger partial charge in [-0.15, -0.1) is 11.6 Å². The summed E-state index contributed by atoms with van der Waals surface area (Å²) in [6, 6.07) is -0.208. The van der Waals surface area contributed by atoms with E-state index in [4.69, 9.17) is 11.6 Å². The molecule has 0 aromatic carbocycles. The Morgan fingerprint density at radius 1 is 1.54 bits per heavy atom. The van der Waals surface area contributed by atoms with E-state index in [-0.39, 0.29) is 6.03 Å². The SMILES string of the molecule is C/C(=C\NC(=O)NCCCl)C(C)C. The molecule has 4 heteroatoms. The van der Waals surface area contributed by atoms with Gasteiger partial charge >= 0.3 is 6.03 Å². The fraction of sp³-hybridized carbons (Fsp3) is 0.667. The number of allylic oxidation sites excluding steroid dienone is 1. The number of alkyl halides is 1. The maximum Gasteiger partial charge on any atom is 0.318 e. The van der Waals surface area contributed by atoms with Gasteiger partial charge in [0.1, 0.15) is 0 Å². The number of amides is 2. The van der Waals surface area contributed by atoms with Crippen molar-refractivity contribution in [2.24, 2.45) is 5.92 Å². The summed E-state index contributed by atoms with van der Waals surface area (Å²) in [4.78, 5) is 11.0. The largest absolute Gasteiger partial charge is 0.337 e. The summed E-state index contributed by atoms with van der Waals surface area (Å²) in [6.07, 6.45) is 1.72. The quantitative estimate of drug-likeness (QED) is 0.677. The van der Waals surface area contributed by atoms with Gasteiger partial charge in [0.15, 0.2) is 0 Å². The van der Waals surface area contributed by atoms with E-state index >= 15 is 0 Å². The van der Waals surface area contributed by atoms with Gasteiger partial charge in [-0.1, -0.05) is 19.4 Å². The molecule has 0 aromatic rings. The zero-order valence-corrected chi connectivity index (χ0v) is 9.11. The third kappa shape index (κ3) is 6.46. The number of carbonyl (C=O) groups is 1. The first-order valence-corrected chi connectivity index (χ1v) is 4.88. The van der Waals surface area contributed by atoms with Gasteiger partial charge in [0.2, 0.25) is 0 Å². The maximum atomic E-state index is 11.0. The van der Waals surface area contributed by atoms with Crippen molar-refractivity contribution in [2.45, 2.75) is 20.8 Å².